The van der Waals surface area contributed by atoms with E-state index in [9.17, 15) is 9.59 Å². The molecule has 134 valence electrons. The lowest BCUT2D eigenvalue weighted by molar-refractivity contribution is 0.0499. The Kier molecular flexibility index (Phi) is 5.73. The van der Waals surface area contributed by atoms with E-state index in [1.165, 1.54) is 0 Å². The molecule has 2 aromatic carbocycles. The van der Waals surface area contributed by atoms with Gasteiger partial charge in [0.25, 0.3) is 5.91 Å². The van der Waals surface area contributed by atoms with Crippen molar-refractivity contribution in [2.24, 2.45) is 0 Å². The monoisotopic (exact) mass is 415 g/mol. The first kappa shape index (κ1) is 18.2. The summed E-state index contributed by atoms with van der Waals surface area (Å²) in [6.07, 6.45) is 1.81. The molecule has 1 amide bonds. The molecule has 5 nitrogen and oxygen atoms in total. The van der Waals surface area contributed by atoms with Crippen LogP contribution in [0.25, 0.3) is 11.0 Å². The van der Waals surface area contributed by atoms with Crippen LogP contribution in [0.4, 0.5) is 5.69 Å². The van der Waals surface area contributed by atoms with Gasteiger partial charge in [0, 0.05) is 15.5 Å². The third-order valence-electron chi connectivity index (χ3n) is 3.81. The summed E-state index contributed by atoms with van der Waals surface area (Å²) >= 11 is 3.39. The lowest BCUT2D eigenvalue weighted by atomic mass is 10.2. The van der Waals surface area contributed by atoms with Crippen LogP contribution in [0, 0.1) is 0 Å². The average molecular weight is 416 g/mol. The summed E-state index contributed by atoms with van der Waals surface area (Å²) in [4.78, 5) is 24.2. The first-order chi connectivity index (χ1) is 12.6. The third-order valence-corrected chi connectivity index (χ3v) is 4.30. The topological polar surface area (TPSA) is 68.5 Å². The van der Waals surface area contributed by atoms with Crippen LogP contribution >= 0.6 is 15.9 Å². The van der Waals surface area contributed by atoms with Crippen LogP contribution in [0.3, 0.4) is 0 Å². The quantitative estimate of drug-likeness (QED) is 0.431. The second-order valence-corrected chi connectivity index (χ2v) is 6.73. The van der Waals surface area contributed by atoms with E-state index in [1.807, 2.05) is 19.1 Å². The number of furan rings is 1. The van der Waals surface area contributed by atoms with Crippen LogP contribution in [0.15, 0.2) is 57.4 Å². The number of halogens is 1. The fourth-order valence-corrected chi connectivity index (χ4v) is 2.78. The number of anilines is 1. The average Bonchev–Trinajstić information content (AvgIpc) is 3.05. The summed E-state index contributed by atoms with van der Waals surface area (Å²) in [7, 11) is 0. The summed E-state index contributed by atoms with van der Waals surface area (Å²) in [5.74, 6) is -0.490. The predicted molar refractivity (Wildman–Crippen MR) is 103 cm³/mol. The van der Waals surface area contributed by atoms with Crippen LogP contribution < -0.4 is 5.32 Å². The Morgan fingerprint density at radius 2 is 1.88 bits per heavy atom. The molecule has 0 aliphatic carbocycles. The number of rotatable bonds is 6. The van der Waals surface area contributed by atoms with Gasteiger partial charge in [-0.05, 0) is 55.0 Å². The SMILES string of the molecule is CCCCOC(=O)c1ccc(NC(=O)c2cc3cc(Br)ccc3o2)cc1. The minimum Gasteiger partial charge on any atom is -0.462 e. The maximum atomic E-state index is 12.4. The number of amides is 1. The molecular formula is C20H18BrNO4. The van der Waals surface area contributed by atoms with Gasteiger partial charge < -0.3 is 14.5 Å². The number of nitrogens with one attached hydrogen (secondary N) is 1. The van der Waals surface area contributed by atoms with Crippen molar-refractivity contribution in [3.05, 3.63) is 64.3 Å². The number of unbranched alkanes of at least 4 members (excludes halogenated alkanes) is 1. The van der Waals surface area contributed by atoms with Gasteiger partial charge in [0.2, 0.25) is 0 Å². The van der Waals surface area contributed by atoms with Gasteiger partial charge in [0.05, 0.1) is 12.2 Å². The van der Waals surface area contributed by atoms with Crippen molar-refractivity contribution in [1.82, 2.24) is 0 Å². The van der Waals surface area contributed by atoms with E-state index in [1.54, 1.807) is 36.4 Å². The Bertz CT molecular complexity index is 931. The van der Waals surface area contributed by atoms with Gasteiger partial charge >= 0.3 is 5.97 Å². The number of carbonyl (C=O) groups excluding carboxylic acids is 2. The Balaban J connectivity index is 1.66. The Hall–Kier alpha value is -2.60. The van der Waals surface area contributed by atoms with Crippen molar-refractivity contribution in [1.29, 1.82) is 0 Å². The molecule has 1 aromatic heterocycles. The second kappa shape index (κ2) is 8.19. The summed E-state index contributed by atoms with van der Waals surface area (Å²) < 4.78 is 11.6. The maximum absolute atomic E-state index is 12.4. The van der Waals surface area contributed by atoms with E-state index in [4.69, 9.17) is 9.15 Å². The van der Waals surface area contributed by atoms with Crippen molar-refractivity contribution < 1.29 is 18.7 Å². The molecule has 0 radical (unpaired) electrons. The Morgan fingerprint density at radius 3 is 2.62 bits per heavy atom. The molecule has 0 unspecified atom stereocenters. The van der Waals surface area contributed by atoms with Crippen LogP contribution in [-0.2, 0) is 4.74 Å². The van der Waals surface area contributed by atoms with Crippen molar-refractivity contribution in [3.8, 4) is 0 Å². The van der Waals surface area contributed by atoms with E-state index in [2.05, 4.69) is 21.2 Å². The zero-order chi connectivity index (χ0) is 18.5. The molecule has 26 heavy (non-hydrogen) atoms. The lowest BCUT2D eigenvalue weighted by Gasteiger charge is -2.06. The van der Waals surface area contributed by atoms with E-state index >= 15 is 0 Å². The Labute approximate surface area is 159 Å². The molecule has 1 N–H and O–H groups in total. The van der Waals surface area contributed by atoms with Crippen LogP contribution in [0.5, 0.6) is 0 Å². The molecule has 0 fully saturated rings. The molecule has 1 heterocycles. The third kappa shape index (κ3) is 4.32. The first-order valence-electron chi connectivity index (χ1n) is 8.34. The fraction of sp³-hybridized carbons (Fsp3) is 0.200. The molecule has 6 heteroatoms. The molecule has 0 saturated carbocycles. The molecule has 0 aliphatic heterocycles. The zero-order valence-corrected chi connectivity index (χ0v) is 15.8. The van der Waals surface area contributed by atoms with E-state index < -0.39 is 0 Å². The number of fused-ring (bicyclic) bond motifs is 1. The molecule has 0 atom stereocenters. The second-order valence-electron chi connectivity index (χ2n) is 5.81. The summed E-state index contributed by atoms with van der Waals surface area (Å²) in [5, 5.41) is 3.60. The van der Waals surface area contributed by atoms with Gasteiger partial charge in [-0.1, -0.05) is 29.3 Å². The highest BCUT2D eigenvalue weighted by Gasteiger charge is 2.13. The molecule has 0 bridgehead atoms. The summed E-state index contributed by atoms with van der Waals surface area (Å²) in [5.41, 5.74) is 1.66. The van der Waals surface area contributed by atoms with Crippen molar-refractivity contribution >= 4 is 44.5 Å². The molecule has 0 saturated heterocycles. The van der Waals surface area contributed by atoms with Crippen LogP contribution in [0.2, 0.25) is 0 Å². The molecule has 3 aromatic rings. The number of hydrogen-bond acceptors (Lipinski definition) is 4. The highest BCUT2D eigenvalue weighted by atomic mass is 79.9. The predicted octanol–water partition coefficient (Wildman–Crippen LogP) is 5.40. The van der Waals surface area contributed by atoms with Crippen LogP contribution in [0.1, 0.15) is 40.7 Å². The zero-order valence-electron chi connectivity index (χ0n) is 14.3. The maximum Gasteiger partial charge on any atom is 0.338 e. The largest absolute Gasteiger partial charge is 0.462 e. The van der Waals surface area contributed by atoms with Gasteiger partial charge in [-0.3, -0.25) is 4.79 Å². The van der Waals surface area contributed by atoms with Crippen molar-refractivity contribution in [2.75, 3.05) is 11.9 Å². The van der Waals surface area contributed by atoms with Gasteiger partial charge in [0.1, 0.15) is 5.58 Å². The lowest BCUT2D eigenvalue weighted by Crippen LogP contribution is -2.11. The molecule has 3 rings (SSSR count). The molecule has 0 spiro atoms. The van der Waals surface area contributed by atoms with Gasteiger partial charge in [0.15, 0.2) is 5.76 Å². The minimum atomic E-state index is -0.362. The van der Waals surface area contributed by atoms with Crippen molar-refractivity contribution in [3.63, 3.8) is 0 Å². The fourth-order valence-electron chi connectivity index (χ4n) is 2.40. The van der Waals surface area contributed by atoms with Crippen LogP contribution in [-0.4, -0.2) is 18.5 Å². The first-order valence-corrected chi connectivity index (χ1v) is 9.14. The number of esters is 1. The number of carbonyl (C=O) groups is 2. The van der Waals surface area contributed by atoms with E-state index in [0.29, 0.717) is 23.4 Å². The smallest absolute Gasteiger partial charge is 0.338 e. The van der Waals surface area contributed by atoms with E-state index in [0.717, 1.165) is 22.7 Å². The standard InChI is InChI=1S/C20H18BrNO4/c1-2-3-10-25-20(24)13-4-7-16(8-5-13)22-19(23)18-12-14-11-15(21)6-9-17(14)26-18/h4-9,11-12H,2-3,10H2,1H3,(H,22,23). The Morgan fingerprint density at radius 1 is 1.12 bits per heavy atom. The summed E-state index contributed by atoms with van der Waals surface area (Å²) in [6, 6.07) is 13.8. The molecule has 0 aliphatic rings. The highest BCUT2D eigenvalue weighted by Crippen LogP contribution is 2.24. The normalized spacial score (nSPS) is 10.7. The minimum absolute atomic E-state index is 0.223. The highest BCUT2D eigenvalue weighted by molar-refractivity contribution is 9.10. The van der Waals surface area contributed by atoms with Gasteiger partial charge in [-0.25, -0.2) is 4.79 Å². The number of ether oxygens (including phenoxy) is 1. The van der Waals surface area contributed by atoms with Gasteiger partial charge in [-0.2, -0.15) is 0 Å². The number of hydrogen-bond donors (Lipinski definition) is 1. The molecular weight excluding hydrogens is 398 g/mol. The summed E-state index contributed by atoms with van der Waals surface area (Å²) in [6.45, 7) is 2.45. The number of benzene rings is 2. The van der Waals surface area contributed by atoms with E-state index in [-0.39, 0.29) is 17.6 Å². The van der Waals surface area contributed by atoms with Crippen molar-refractivity contribution in [2.45, 2.75) is 19.8 Å². The van der Waals surface area contributed by atoms with Gasteiger partial charge in [-0.15, -0.1) is 0 Å².